The fourth-order valence-corrected chi connectivity index (χ4v) is 3.29. The molecule has 1 rings (SSSR count). The van der Waals surface area contributed by atoms with E-state index >= 15 is 0 Å². The Hall–Kier alpha value is -1.07. The molecule has 0 saturated heterocycles. The van der Waals surface area contributed by atoms with Crippen LogP contribution in [0.2, 0.25) is 0 Å². The lowest BCUT2D eigenvalue weighted by Gasteiger charge is -2.23. The third-order valence-electron chi connectivity index (χ3n) is 2.76. The van der Waals surface area contributed by atoms with Crippen molar-refractivity contribution < 1.29 is 9.53 Å². The van der Waals surface area contributed by atoms with Crippen LogP contribution < -0.4 is 0 Å². The van der Waals surface area contributed by atoms with Crippen molar-refractivity contribution in [2.75, 3.05) is 20.2 Å². The summed E-state index contributed by atoms with van der Waals surface area (Å²) < 4.78 is 5.60. The summed E-state index contributed by atoms with van der Waals surface area (Å²) in [5.74, 6) is -0.272. The molecule has 0 aliphatic heterocycles. The van der Waals surface area contributed by atoms with E-state index in [0.29, 0.717) is 0 Å². The number of hydrogen-bond acceptors (Lipinski definition) is 4. The third-order valence-corrected chi connectivity index (χ3v) is 4.46. The summed E-state index contributed by atoms with van der Waals surface area (Å²) in [4.78, 5) is 14.0. The van der Waals surface area contributed by atoms with Crippen molar-refractivity contribution in [2.45, 2.75) is 19.1 Å². The number of thiocarbonyl (C=S) groups is 1. The molecule has 0 spiro atoms. The van der Waals surface area contributed by atoms with E-state index in [1.54, 1.807) is 0 Å². The van der Waals surface area contributed by atoms with Crippen LogP contribution in [0, 0.1) is 0 Å². The number of rotatable bonds is 5. The molecule has 0 saturated carbocycles. The molecule has 0 amide bonds. The van der Waals surface area contributed by atoms with Gasteiger partial charge < -0.3 is 9.64 Å². The largest absolute Gasteiger partial charge is 0.468 e. The molecular weight excluding hydrogens is 278 g/mol. The van der Waals surface area contributed by atoms with Crippen LogP contribution in [0.1, 0.15) is 24.7 Å². The number of carbonyl (C=O) groups is 1. The van der Waals surface area contributed by atoms with Crippen LogP contribution in [0.5, 0.6) is 0 Å². The third kappa shape index (κ3) is 4.51. The van der Waals surface area contributed by atoms with E-state index in [2.05, 4.69) is 4.90 Å². The fraction of sp³-hybridized carbons (Fsp3) is 0.429. The number of nitrogens with zero attached hydrogens (tertiary/aromatic N) is 1. The van der Waals surface area contributed by atoms with Crippen LogP contribution in [0.4, 0.5) is 0 Å². The molecule has 0 aromatic heterocycles. The van der Waals surface area contributed by atoms with Crippen LogP contribution in [0.15, 0.2) is 30.3 Å². The van der Waals surface area contributed by atoms with Crippen molar-refractivity contribution >= 4 is 34.3 Å². The van der Waals surface area contributed by atoms with Gasteiger partial charge in [-0.2, -0.15) is 0 Å². The standard InChI is InChI=1S/C14H19NO2S2/c1-4-15(5-2)14(18)19-12(13(16)17-3)11-9-7-6-8-10-11/h6-10,12H,4-5H2,1-3H3. The van der Waals surface area contributed by atoms with Gasteiger partial charge in [-0.15, -0.1) is 0 Å². The molecule has 0 bridgehead atoms. The molecular formula is C14H19NO2S2. The zero-order valence-electron chi connectivity index (χ0n) is 11.5. The first kappa shape index (κ1) is 16.0. The Morgan fingerprint density at radius 3 is 2.37 bits per heavy atom. The first-order chi connectivity index (χ1) is 9.13. The lowest BCUT2D eigenvalue weighted by Crippen LogP contribution is -2.28. The highest BCUT2D eigenvalue weighted by Gasteiger charge is 2.25. The van der Waals surface area contributed by atoms with Crippen LogP contribution >= 0.6 is 24.0 Å². The molecule has 19 heavy (non-hydrogen) atoms. The fourth-order valence-electron chi connectivity index (χ4n) is 1.64. The Kier molecular flexibility index (Phi) is 6.87. The monoisotopic (exact) mass is 297 g/mol. The highest BCUT2D eigenvalue weighted by Crippen LogP contribution is 2.32. The molecule has 0 radical (unpaired) electrons. The molecule has 104 valence electrons. The van der Waals surface area contributed by atoms with Crippen molar-refractivity contribution in [2.24, 2.45) is 0 Å². The Morgan fingerprint density at radius 1 is 1.32 bits per heavy atom. The summed E-state index contributed by atoms with van der Waals surface area (Å²) >= 11 is 6.77. The maximum Gasteiger partial charge on any atom is 0.323 e. The second kappa shape index (κ2) is 8.17. The van der Waals surface area contributed by atoms with Gasteiger partial charge >= 0.3 is 5.97 Å². The van der Waals surface area contributed by atoms with E-state index < -0.39 is 5.25 Å². The van der Waals surface area contributed by atoms with Gasteiger partial charge in [0.1, 0.15) is 9.57 Å². The van der Waals surface area contributed by atoms with Crippen molar-refractivity contribution in [1.29, 1.82) is 0 Å². The highest BCUT2D eigenvalue weighted by atomic mass is 32.2. The minimum atomic E-state index is -0.403. The van der Waals surface area contributed by atoms with Gasteiger partial charge in [-0.3, -0.25) is 4.79 Å². The summed E-state index contributed by atoms with van der Waals surface area (Å²) in [5, 5.41) is -0.403. The minimum absolute atomic E-state index is 0.272. The SMILES string of the molecule is CCN(CC)C(=S)SC(C(=O)OC)c1ccccc1. The van der Waals surface area contributed by atoms with Gasteiger partial charge in [0.25, 0.3) is 0 Å². The first-order valence-corrected chi connectivity index (χ1v) is 7.51. The van der Waals surface area contributed by atoms with Gasteiger partial charge in [-0.25, -0.2) is 0 Å². The number of methoxy groups -OCH3 is 1. The number of hydrogen-bond donors (Lipinski definition) is 0. The predicted octanol–water partition coefficient (Wildman–Crippen LogP) is 3.26. The quantitative estimate of drug-likeness (QED) is 0.615. The second-order valence-corrected chi connectivity index (χ2v) is 5.61. The average molecular weight is 297 g/mol. The van der Waals surface area contributed by atoms with Crippen LogP contribution in [0.3, 0.4) is 0 Å². The van der Waals surface area contributed by atoms with Crippen molar-refractivity contribution in [3.8, 4) is 0 Å². The maximum absolute atomic E-state index is 11.9. The van der Waals surface area contributed by atoms with Gasteiger partial charge in [0.05, 0.1) is 7.11 Å². The molecule has 1 atom stereocenters. The van der Waals surface area contributed by atoms with E-state index in [0.717, 1.165) is 23.0 Å². The smallest absolute Gasteiger partial charge is 0.323 e. The number of benzene rings is 1. The molecule has 0 N–H and O–H groups in total. The average Bonchev–Trinajstić information content (AvgIpc) is 2.46. The van der Waals surface area contributed by atoms with Gasteiger partial charge in [0, 0.05) is 13.1 Å². The van der Waals surface area contributed by atoms with Gasteiger partial charge in [-0.05, 0) is 19.4 Å². The first-order valence-electron chi connectivity index (χ1n) is 6.22. The maximum atomic E-state index is 11.9. The van der Waals surface area contributed by atoms with Crippen molar-refractivity contribution in [1.82, 2.24) is 4.90 Å². The summed E-state index contributed by atoms with van der Waals surface area (Å²) in [6.07, 6.45) is 0. The van der Waals surface area contributed by atoms with E-state index in [1.165, 1.54) is 18.9 Å². The van der Waals surface area contributed by atoms with Gasteiger partial charge in [-0.1, -0.05) is 54.3 Å². The lowest BCUT2D eigenvalue weighted by molar-refractivity contribution is -0.140. The molecule has 0 aliphatic carbocycles. The molecule has 1 unspecified atom stereocenters. The molecule has 1 aromatic rings. The number of ether oxygens (including phenoxy) is 1. The number of esters is 1. The Labute approximate surface area is 124 Å². The van der Waals surface area contributed by atoms with E-state index in [4.69, 9.17) is 17.0 Å². The van der Waals surface area contributed by atoms with Crippen LogP contribution in [-0.2, 0) is 9.53 Å². The van der Waals surface area contributed by atoms with Crippen molar-refractivity contribution in [3.05, 3.63) is 35.9 Å². The molecule has 0 heterocycles. The summed E-state index contributed by atoms with van der Waals surface area (Å²) in [6.45, 7) is 5.77. The van der Waals surface area contributed by atoms with Gasteiger partial charge in [0.15, 0.2) is 0 Å². The zero-order chi connectivity index (χ0) is 14.3. The van der Waals surface area contributed by atoms with Crippen LogP contribution in [-0.4, -0.2) is 35.4 Å². The molecule has 0 fully saturated rings. The predicted molar refractivity (Wildman–Crippen MR) is 84.3 cm³/mol. The van der Waals surface area contributed by atoms with E-state index in [-0.39, 0.29) is 5.97 Å². The topological polar surface area (TPSA) is 29.5 Å². The molecule has 0 aliphatic rings. The summed E-state index contributed by atoms with van der Waals surface area (Å²) in [7, 11) is 1.40. The highest BCUT2D eigenvalue weighted by molar-refractivity contribution is 8.23. The van der Waals surface area contributed by atoms with Crippen LogP contribution in [0.25, 0.3) is 0 Å². The zero-order valence-corrected chi connectivity index (χ0v) is 13.1. The van der Waals surface area contributed by atoms with Gasteiger partial charge in [0.2, 0.25) is 0 Å². The second-order valence-electron chi connectivity index (χ2n) is 3.87. The van der Waals surface area contributed by atoms with E-state index in [9.17, 15) is 4.79 Å². The molecule has 1 aromatic carbocycles. The number of thioether (sulfide) groups is 1. The number of carbonyl (C=O) groups excluding carboxylic acids is 1. The summed E-state index contributed by atoms with van der Waals surface area (Å²) in [6, 6.07) is 9.57. The molecule has 3 nitrogen and oxygen atoms in total. The Balaban J connectivity index is 2.88. The molecule has 5 heteroatoms. The lowest BCUT2D eigenvalue weighted by atomic mass is 10.1. The Morgan fingerprint density at radius 2 is 1.89 bits per heavy atom. The minimum Gasteiger partial charge on any atom is -0.468 e. The van der Waals surface area contributed by atoms with E-state index in [1.807, 2.05) is 44.2 Å². The Bertz CT molecular complexity index is 419. The normalized spacial score (nSPS) is 11.7. The van der Waals surface area contributed by atoms with Crippen molar-refractivity contribution in [3.63, 3.8) is 0 Å². The summed E-state index contributed by atoms with van der Waals surface area (Å²) in [5.41, 5.74) is 0.911.